The fourth-order valence-electron chi connectivity index (χ4n) is 1.58. The molecule has 0 saturated heterocycles. The van der Waals surface area contributed by atoms with Crippen LogP contribution < -0.4 is 0 Å². The standard InChI is InChI=1S/C11H15ClO2S/c1-7(2)9-6-10(12)11(5-8(9)3)15(4,13)14/h5-7H,1-4H3. The topological polar surface area (TPSA) is 34.1 Å². The van der Waals surface area contributed by atoms with E-state index in [1.54, 1.807) is 12.1 Å². The fraction of sp³-hybridized carbons (Fsp3) is 0.455. The summed E-state index contributed by atoms with van der Waals surface area (Å²) in [6, 6.07) is 3.39. The van der Waals surface area contributed by atoms with Gasteiger partial charge in [-0.25, -0.2) is 8.42 Å². The third kappa shape index (κ3) is 2.73. The molecule has 1 aromatic rings. The third-order valence-electron chi connectivity index (χ3n) is 2.34. The summed E-state index contributed by atoms with van der Waals surface area (Å²) in [6.07, 6.45) is 1.17. The van der Waals surface area contributed by atoms with Crippen LogP contribution in [0.3, 0.4) is 0 Å². The van der Waals surface area contributed by atoms with Crippen LogP contribution in [0, 0.1) is 6.92 Å². The molecular formula is C11H15ClO2S. The Kier molecular flexibility index (Phi) is 3.46. The van der Waals surface area contributed by atoms with Crippen LogP contribution in [0.15, 0.2) is 17.0 Å². The van der Waals surface area contributed by atoms with Crippen molar-refractivity contribution in [2.45, 2.75) is 31.6 Å². The Morgan fingerprint density at radius 3 is 2.20 bits per heavy atom. The molecule has 4 heteroatoms. The molecule has 0 radical (unpaired) electrons. The predicted octanol–water partition coefficient (Wildman–Crippen LogP) is 3.18. The molecule has 0 amide bonds. The van der Waals surface area contributed by atoms with E-state index in [0.717, 1.165) is 11.1 Å². The van der Waals surface area contributed by atoms with E-state index < -0.39 is 9.84 Å². The van der Waals surface area contributed by atoms with Crippen LogP contribution in [0.2, 0.25) is 5.02 Å². The number of hydrogen-bond acceptors (Lipinski definition) is 2. The lowest BCUT2D eigenvalue weighted by Crippen LogP contribution is -2.01. The zero-order valence-electron chi connectivity index (χ0n) is 9.33. The molecule has 0 fully saturated rings. The molecule has 1 rings (SSSR count). The van der Waals surface area contributed by atoms with Crippen molar-refractivity contribution in [2.75, 3.05) is 6.26 Å². The SMILES string of the molecule is Cc1cc(S(C)(=O)=O)c(Cl)cc1C(C)C. The molecular weight excluding hydrogens is 232 g/mol. The van der Waals surface area contributed by atoms with Gasteiger partial charge in [-0.3, -0.25) is 0 Å². The smallest absolute Gasteiger partial charge is 0.177 e. The summed E-state index contributed by atoms with van der Waals surface area (Å²) in [6.45, 7) is 6.01. The Balaban J connectivity index is 3.46. The second-order valence-electron chi connectivity index (χ2n) is 4.07. The average Bonchev–Trinajstić information content (AvgIpc) is 2.06. The van der Waals surface area contributed by atoms with Crippen molar-refractivity contribution >= 4 is 21.4 Å². The van der Waals surface area contributed by atoms with Gasteiger partial charge >= 0.3 is 0 Å². The maximum absolute atomic E-state index is 11.4. The maximum atomic E-state index is 11.4. The zero-order valence-corrected chi connectivity index (χ0v) is 10.9. The Morgan fingerprint density at radius 1 is 1.27 bits per heavy atom. The van der Waals surface area contributed by atoms with Gasteiger partial charge in [-0.2, -0.15) is 0 Å². The van der Waals surface area contributed by atoms with E-state index in [2.05, 4.69) is 13.8 Å². The summed E-state index contributed by atoms with van der Waals surface area (Å²) < 4.78 is 22.8. The molecule has 0 saturated carbocycles. The maximum Gasteiger partial charge on any atom is 0.177 e. The Bertz CT molecular complexity index is 476. The molecule has 0 unspecified atom stereocenters. The minimum Gasteiger partial charge on any atom is -0.224 e. The molecule has 0 aliphatic heterocycles. The summed E-state index contributed by atoms with van der Waals surface area (Å²) >= 11 is 5.95. The minimum absolute atomic E-state index is 0.214. The first kappa shape index (κ1) is 12.5. The second kappa shape index (κ2) is 4.14. The first-order chi connectivity index (χ1) is 6.73. The van der Waals surface area contributed by atoms with Crippen molar-refractivity contribution in [3.05, 3.63) is 28.3 Å². The van der Waals surface area contributed by atoms with E-state index >= 15 is 0 Å². The highest BCUT2D eigenvalue weighted by Gasteiger charge is 2.15. The van der Waals surface area contributed by atoms with E-state index in [1.165, 1.54) is 6.26 Å². The number of rotatable bonds is 2. The Morgan fingerprint density at radius 2 is 1.80 bits per heavy atom. The van der Waals surface area contributed by atoms with Gasteiger partial charge in [-0.15, -0.1) is 0 Å². The summed E-state index contributed by atoms with van der Waals surface area (Å²) in [4.78, 5) is 0.214. The van der Waals surface area contributed by atoms with E-state index in [9.17, 15) is 8.42 Å². The number of benzene rings is 1. The van der Waals surface area contributed by atoms with Gasteiger partial charge in [0.2, 0.25) is 0 Å². The van der Waals surface area contributed by atoms with Crippen molar-refractivity contribution in [3.63, 3.8) is 0 Å². The highest BCUT2D eigenvalue weighted by molar-refractivity contribution is 7.90. The molecule has 0 atom stereocenters. The molecule has 0 aromatic heterocycles. The third-order valence-corrected chi connectivity index (χ3v) is 3.90. The first-order valence-electron chi connectivity index (χ1n) is 4.73. The lowest BCUT2D eigenvalue weighted by atomic mass is 9.98. The van der Waals surface area contributed by atoms with Crippen molar-refractivity contribution in [2.24, 2.45) is 0 Å². The molecule has 15 heavy (non-hydrogen) atoms. The van der Waals surface area contributed by atoms with Gasteiger partial charge in [0.1, 0.15) is 0 Å². The van der Waals surface area contributed by atoms with Crippen molar-refractivity contribution in [3.8, 4) is 0 Å². The van der Waals surface area contributed by atoms with Crippen LogP contribution in [-0.4, -0.2) is 14.7 Å². The van der Waals surface area contributed by atoms with Crippen LogP contribution in [0.1, 0.15) is 30.9 Å². The second-order valence-corrected chi connectivity index (χ2v) is 6.46. The molecule has 0 bridgehead atoms. The van der Waals surface area contributed by atoms with Gasteiger partial charge in [0.15, 0.2) is 9.84 Å². The largest absolute Gasteiger partial charge is 0.224 e. The van der Waals surface area contributed by atoms with Gasteiger partial charge in [0.05, 0.1) is 9.92 Å². The molecule has 0 aliphatic rings. The fourth-order valence-corrected chi connectivity index (χ4v) is 2.97. The van der Waals surface area contributed by atoms with Gasteiger partial charge in [0, 0.05) is 6.26 Å². The van der Waals surface area contributed by atoms with Gasteiger partial charge < -0.3 is 0 Å². The Labute approximate surface area is 96.2 Å². The number of sulfone groups is 1. The van der Waals surface area contributed by atoms with E-state index in [4.69, 9.17) is 11.6 Å². The van der Waals surface area contributed by atoms with Gasteiger partial charge in [0.25, 0.3) is 0 Å². The predicted molar refractivity (Wildman–Crippen MR) is 63.4 cm³/mol. The number of aryl methyl sites for hydroxylation is 1. The molecule has 84 valence electrons. The molecule has 0 aliphatic carbocycles. The molecule has 1 aromatic carbocycles. The quantitative estimate of drug-likeness (QED) is 0.803. The number of halogens is 1. The van der Waals surface area contributed by atoms with E-state index in [1.807, 2.05) is 6.92 Å². The molecule has 0 N–H and O–H groups in total. The van der Waals surface area contributed by atoms with E-state index in [0.29, 0.717) is 10.9 Å². The molecule has 2 nitrogen and oxygen atoms in total. The monoisotopic (exact) mass is 246 g/mol. The normalized spacial score (nSPS) is 12.1. The highest BCUT2D eigenvalue weighted by Crippen LogP contribution is 2.29. The summed E-state index contributed by atoms with van der Waals surface area (Å²) in [5.74, 6) is 0.344. The van der Waals surface area contributed by atoms with Crippen LogP contribution in [-0.2, 0) is 9.84 Å². The lowest BCUT2D eigenvalue weighted by molar-refractivity contribution is 0.601. The summed E-state index contributed by atoms with van der Waals surface area (Å²) in [5, 5.41) is 0.312. The first-order valence-corrected chi connectivity index (χ1v) is 7.00. The Hall–Kier alpha value is -0.540. The van der Waals surface area contributed by atoms with Gasteiger partial charge in [-0.05, 0) is 36.1 Å². The van der Waals surface area contributed by atoms with Crippen LogP contribution in [0.4, 0.5) is 0 Å². The van der Waals surface area contributed by atoms with E-state index in [-0.39, 0.29) is 4.90 Å². The number of hydrogen-bond donors (Lipinski definition) is 0. The summed E-state index contributed by atoms with van der Waals surface area (Å²) in [7, 11) is -3.23. The average molecular weight is 247 g/mol. The van der Waals surface area contributed by atoms with Crippen molar-refractivity contribution in [1.82, 2.24) is 0 Å². The highest BCUT2D eigenvalue weighted by atomic mass is 35.5. The van der Waals surface area contributed by atoms with Gasteiger partial charge in [-0.1, -0.05) is 25.4 Å². The van der Waals surface area contributed by atoms with Crippen LogP contribution >= 0.6 is 11.6 Å². The minimum atomic E-state index is -3.23. The lowest BCUT2D eigenvalue weighted by Gasteiger charge is -2.12. The van der Waals surface area contributed by atoms with Crippen molar-refractivity contribution < 1.29 is 8.42 Å². The van der Waals surface area contributed by atoms with Crippen LogP contribution in [0.25, 0.3) is 0 Å². The zero-order chi connectivity index (χ0) is 11.8. The summed E-state index contributed by atoms with van der Waals surface area (Å²) in [5.41, 5.74) is 2.06. The van der Waals surface area contributed by atoms with Crippen LogP contribution in [0.5, 0.6) is 0 Å². The molecule has 0 heterocycles. The molecule has 0 spiro atoms. The van der Waals surface area contributed by atoms with Crippen molar-refractivity contribution in [1.29, 1.82) is 0 Å².